The van der Waals surface area contributed by atoms with Gasteiger partial charge in [-0.15, -0.1) is 12.3 Å². The molecule has 0 spiro atoms. The van der Waals surface area contributed by atoms with Crippen LogP contribution in [0, 0.1) is 46.3 Å². The van der Waals surface area contributed by atoms with Crippen molar-refractivity contribution < 1.29 is 0 Å². The zero-order valence-electron chi connectivity index (χ0n) is 9.66. The van der Waals surface area contributed by atoms with Gasteiger partial charge in [0.15, 0.2) is 5.41 Å². The maximum atomic E-state index is 9.26. The van der Waals surface area contributed by atoms with Crippen LogP contribution in [0.2, 0.25) is 0 Å². The molecule has 0 radical (unpaired) electrons. The van der Waals surface area contributed by atoms with Crippen LogP contribution in [0.1, 0.15) is 39.0 Å². The minimum atomic E-state index is -1.09. The van der Waals surface area contributed by atoms with E-state index in [1.165, 1.54) is 0 Å². The van der Waals surface area contributed by atoms with E-state index >= 15 is 0 Å². The molecule has 1 rings (SSSR count). The van der Waals surface area contributed by atoms with Gasteiger partial charge in [0.2, 0.25) is 0 Å². The molecule has 1 unspecified atom stereocenters. The standard InChI is InChI=1S/C14H16N2/c1-3-9-14(10-15,11-16)13-8-6-5-7-12(13)4-2/h1,8,12H,4-7,9H2,2H3. The van der Waals surface area contributed by atoms with E-state index in [1.807, 2.05) is 0 Å². The van der Waals surface area contributed by atoms with Crippen molar-refractivity contribution in [1.29, 1.82) is 10.5 Å². The Morgan fingerprint density at radius 1 is 1.50 bits per heavy atom. The topological polar surface area (TPSA) is 47.6 Å². The normalized spacial score (nSPS) is 20.1. The van der Waals surface area contributed by atoms with Gasteiger partial charge in [0, 0.05) is 6.42 Å². The van der Waals surface area contributed by atoms with Crippen LogP contribution in [0.5, 0.6) is 0 Å². The highest BCUT2D eigenvalue weighted by Crippen LogP contribution is 2.41. The fourth-order valence-electron chi connectivity index (χ4n) is 2.38. The van der Waals surface area contributed by atoms with Gasteiger partial charge in [-0.1, -0.05) is 13.0 Å². The lowest BCUT2D eigenvalue weighted by Crippen LogP contribution is -2.26. The van der Waals surface area contributed by atoms with Gasteiger partial charge in [-0.2, -0.15) is 10.5 Å². The first-order valence-corrected chi connectivity index (χ1v) is 5.70. The Morgan fingerprint density at radius 2 is 2.19 bits per heavy atom. The van der Waals surface area contributed by atoms with Crippen molar-refractivity contribution in [2.45, 2.75) is 39.0 Å². The molecule has 1 aliphatic rings. The van der Waals surface area contributed by atoms with E-state index in [9.17, 15) is 10.5 Å². The van der Waals surface area contributed by atoms with Gasteiger partial charge in [-0.25, -0.2) is 0 Å². The highest BCUT2D eigenvalue weighted by molar-refractivity contribution is 5.37. The van der Waals surface area contributed by atoms with Crippen molar-refractivity contribution in [3.8, 4) is 24.5 Å². The largest absolute Gasteiger partial charge is 0.196 e. The summed E-state index contributed by atoms with van der Waals surface area (Å²) < 4.78 is 0. The predicted octanol–water partition coefficient (Wildman–Crippen LogP) is 3.18. The minimum Gasteiger partial charge on any atom is -0.196 e. The molecular formula is C14H16N2. The van der Waals surface area contributed by atoms with E-state index in [1.54, 1.807) is 0 Å². The van der Waals surface area contributed by atoms with Crippen LogP contribution in [0.25, 0.3) is 0 Å². The van der Waals surface area contributed by atoms with E-state index in [0.29, 0.717) is 5.92 Å². The number of allylic oxidation sites excluding steroid dienone is 2. The Morgan fingerprint density at radius 3 is 2.69 bits per heavy atom. The molecule has 1 atom stereocenters. The summed E-state index contributed by atoms with van der Waals surface area (Å²) in [5.74, 6) is 2.82. The lowest BCUT2D eigenvalue weighted by atomic mass is 9.69. The molecule has 0 aliphatic heterocycles. The molecule has 0 fully saturated rings. The average Bonchev–Trinajstić information content (AvgIpc) is 2.36. The molecule has 16 heavy (non-hydrogen) atoms. The predicted molar refractivity (Wildman–Crippen MR) is 62.8 cm³/mol. The fourth-order valence-corrected chi connectivity index (χ4v) is 2.38. The molecule has 0 aromatic heterocycles. The van der Waals surface area contributed by atoms with Crippen molar-refractivity contribution in [2.75, 3.05) is 0 Å². The van der Waals surface area contributed by atoms with Crippen molar-refractivity contribution in [1.82, 2.24) is 0 Å². The highest BCUT2D eigenvalue weighted by atomic mass is 14.4. The lowest BCUT2D eigenvalue weighted by Gasteiger charge is -2.30. The second kappa shape index (κ2) is 5.39. The van der Waals surface area contributed by atoms with Gasteiger partial charge in [0.1, 0.15) is 0 Å². The van der Waals surface area contributed by atoms with Crippen LogP contribution >= 0.6 is 0 Å². The van der Waals surface area contributed by atoms with Gasteiger partial charge in [0.25, 0.3) is 0 Å². The Balaban J connectivity index is 3.13. The van der Waals surface area contributed by atoms with Crippen LogP contribution in [0.4, 0.5) is 0 Å². The zero-order chi connectivity index (χ0) is 12.0. The number of nitrogens with zero attached hydrogens (tertiary/aromatic N) is 2. The van der Waals surface area contributed by atoms with Crippen LogP contribution < -0.4 is 0 Å². The Bertz CT molecular complexity index is 384. The molecule has 0 saturated heterocycles. The average molecular weight is 212 g/mol. The van der Waals surface area contributed by atoms with Gasteiger partial charge < -0.3 is 0 Å². The molecule has 0 saturated carbocycles. The van der Waals surface area contributed by atoms with E-state index in [2.05, 4.69) is 31.1 Å². The molecular weight excluding hydrogens is 196 g/mol. The quantitative estimate of drug-likeness (QED) is 0.533. The third-order valence-corrected chi connectivity index (χ3v) is 3.30. The van der Waals surface area contributed by atoms with E-state index in [0.717, 1.165) is 31.3 Å². The summed E-state index contributed by atoms with van der Waals surface area (Å²) in [6.45, 7) is 2.10. The highest BCUT2D eigenvalue weighted by Gasteiger charge is 2.38. The summed E-state index contributed by atoms with van der Waals surface area (Å²) in [5, 5.41) is 18.5. The number of hydrogen-bond acceptors (Lipinski definition) is 2. The Labute approximate surface area is 97.6 Å². The minimum absolute atomic E-state index is 0.197. The molecule has 2 nitrogen and oxygen atoms in total. The first-order chi connectivity index (χ1) is 7.74. The smallest absolute Gasteiger partial charge is 0.175 e. The molecule has 0 bridgehead atoms. The second-order valence-electron chi connectivity index (χ2n) is 4.21. The second-order valence-corrected chi connectivity index (χ2v) is 4.21. The summed E-state index contributed by atoms with van der Waals surface area (Å²) in [6, 6.07) is 4.26. The maximum Gasteiger partial charge on any atom is 0.175 e. The molecule has 0 amide bonds. The number of rotatable bonds is 3. The van der Waals surface area contributed by atoms with Gasteiger partial charge in [0.05, 0.1) is 12.1 Å². The van der Waals surface area contributed by atoms with Crippen LogP contribution in [-0.4, -0.2) is 0 Å². The molecule has 0 aromatic rings. The van der Waals surface area contributed by atoms with Gasteiger partial charge in [-0.3, -0.25) is 0 Å². The van der Waals surface area contributed by atoms with Gasteiger partial charge in [-0.05, 0) is 37.2 Å². The third-order valence-electron chi connectivity index (χ3n) is 3.30. The zero-order valence-corrected chi connectivity index (χ0v) is 9.66. The van der Waals surface area contributed by atoms with E-state index in [-0.39, 0.29) is 6.42 Å². The molecule has 0 N–H and O–H groups in total. The molecule has 0 aromatic carbocycles. The van der Waals surface area contributed by atoms with Crippen molar-refractivity contribution in [3.05, 3.63) is 11.6 Å². The summed E-state index contributed by atoms with van der Waals surface area (Å²) in [6.07, 6.45) is 11.7. The van der Waals surface area contributed by atoms with Crippen molar-refractivity contribution >= 4 is 0 Å². The maximum absolute atomic E-state index is 9.26. The third kappa shape index (κ3) is 2.10. The number of terminal acetylenes is 1. The van der Waals surface area contributed by atoms with Crippen LogP contribution in [0.15, 0.2) is 11.6 Å². The summed E-state index contributed by atoms with van der Waals surface area (Å²) >= 11 is 0. The van der Waals surface area contributed by atoms with Crippen molar-refractivity contribution in [2.24, 2.45) is 11.3 Å². The number of hydrogen-bond donors (Lipinski definition) is 0. The summed E-state index contributed by atoms with van der Waals surface area (Å²) in [5.41, 5.74) is -0.125. The Kier molecular flexibility index (Phi) is 4.16. The SMILES string of the molecule is C#CCC(C#N)(C#N)C1=CCCCC1CC. The molecule has 82 valence electrons. The summed E-state index contributed by atoms with van der Waals surface area (Å²) in [7, 11) is 0. The first-order valence-electron chi connectivity index (χ1n) is 5.70. The first kappa shape index (κ1) is 12.4. The fraction of sp³-hybridized carbons (Fsp3) is 0.571. The lowest BCUT2D eigenvalue weighted by molar-refractivity contribution is 0.426. The summed E-state index contributed by atoms with van der Waals surface area (Å²) in [4.78, 5) is 0. The van der Waals surface area contributed by atoms with Crippen LogP contribution in [0.3, 0.4) is 0 Å². The number of nitriles is 2. The van der Waals surface area contributed by atoms with Gasteiger partial charge >= 0.3 is 0 Å². The Hall–Kier alpha value is -1.72. The van der Waals surface area contributed by atoms with E-state index in [4.69, 9.17) is 6.42 Å². The molecule has 2 heteroatoms. The molecule has 0 heterocycles. The van der Waals surface area contributed by atoms with Crippen molar-refractivity contribution in [3.63, 3.8) is 0 Å². The van der Waals surface area contributed by atoms with Crippen LogP contribution in [-0.2, 0) is 0 Å². The molecule has 1 aliphatic carbocycles. The van der Waals surface area contributed by atoms with E-state index < -0.39 is 5.41 Å². The monoisotopic (exact) mass is 212 g/mol.